The molecular formula is C66H51N. The molecule has 0 saturated carbocycles. The Morgan fingerprint density at radius 3 is 1.04 bits per heavy atom. The van der Waals surface area contributed by atoms with Gasteiger partial charge in [-0.25, -0.2) is 0 Å². The minimum Gasteiger partial charge on any atom is -0.308 e. The summed E-state index contributed by atoms with van der Waals surface area (Å²) in [6.45, 7) is 7.16. The van der Waals surface area contributed by atoms with Crippen LogP contribution in [0.5, 0.6) is 0 Å². The Morgan fingerprint density at radius 2 is 0.642 bits per heavy atom. The molecular weight excluding hydrogens is 807 g/mol. The Morgan fingerprint density at radius 1 is 0.299 bits per heavy atom. The minimum absolute atomic E-state index is 0.245. The average molecular weight is 858 g/mol. The summed E-state index contributed by atoms with van der Waals surface area (Å²) in [5, 5.41) is 0. The number of nitrogens with zero attached hydrogens (tertiary/aromatic N) is 1. The van der Waals surface area contributed by atoms with E-state index in [0.717, 1.165) is 12.8 Å². The lowest BCUT2D eigenvalue weighted by molar-refractivity contribution is 0.591. The molecule has 0 N–H and O–H groups in total. The SMILES string of the molecule is CC(C)(C)c1cccc(-c2ccccc2)c1N(c1c2c(cc(-c3ccccc3)c1-c1ccccc1)-c1ccccc1C2)c1c2c(cc(-c3ccccc3)c1-c1ccccc1)-c1ccccc1C2. The number of fused-ring (bicyclic) bond motifs is 6. The lowest BCUT2D eigenvalue weighted by Crippen LogP contribution is -2.23. The molecule has 0 fully saturated rings. The van der Waals surface area contributed by atoms with Crippen LogP contribution < -0.4 is 4.90 Å². The van der Waals surface area contributed by atoms with E-state index in [-0.39, 0.29) is 5.41 Å². The summed E-state index contributed by atoms with van der Waals surface area (Å²) in [7, 11) is 0. The third-order valence-electron chi connectivity index (χ3n) is 14.1. The highest BCUT2D eigenvalue weighted by Gasteiger charge is 2.38. The van der Waals surface area contributed by atoms with Gasteiger partial charge in [0.1, 0.15) is 0 Å². The Hall–Kier alpha value is -8.00. The minimum atomic E-state index is -0.245. The van der Waals surface area contributed by atoms with Gasteiger partial charge in [-0.05, 0) is 107 Å². The highest BCUT2D eigenvalue weighted by atomic mass is 15.2. The second-order valence-corrected chi connectivity index (χ2v) is 19.1. The van der Waals surface area contributed by atoms with Crippen LogP contribution >= 0.6 is 0 Å². The number of hydrogen-bond acceptors (Lipinski definition) is 1. The number of para-hydroxylation sites is 1. The average Bonchev–Trinajstić information content (AvgIpc) is 3.95. The van der Waals surface area contributed by atoms with Crippen molar-refractivity contribution in [3.8, 4) is 77.9 Å². The molecule has 0 aliphatic heterocycles. The van der Waals surface area contributed by atoms with Gasteiger partial charge in [0.25, 0.3) is 0 Å². The molecule has 0 unspecified atom stereocenters. The fourth-order valence-electron chi connectivity index (χ4n) is 11.1. The lowest BCUT2D eigenvalue weighted by atomic mass is 9.80. The number of rotatable bonds is 8. The second-order valence-electron chi connectivity index (χ2n) is 19.1. The quantitative estimate of drug-likeness (QED) is 0.147. The van der Waals surface area contributed by atoms with Crippen LogP contribution in [0.15, 0.2) is 231 Å². The van der Waals surface area contributed by atoms with Crippen LogP contribution in [0.3, 0.4) is 0 Å². The zero-order valence-electron chi connectivity index (χ0n) is 38.3. The van der Waals surface area contributed by atoms with Crippen LogP contribution in [0.1, 0.15) is 48.6 Å². The smallest absolute Gasteiger partial charge is 0.0588 e. The van der Waals surface area contributed by atoms with Crippen molar-refractivity contribution in [1.82, 2.24) is 0 Å². The molecule has 1 nitrogen and oxygen atoms in total. The predicted molar refractivity (Wildman–Crippen MR) is 283 cm³/mol. The van der Waals surface area contributed by atoms with Gasteiger partial charge in [-0.2, -0.15) is 0 Å². The van der Waals surface area contributed by atoms with Gasteiger partial charge in [0.2, 0.25) is 0 Å². The first-order valence-corrected chi connectivity index (χ1v) is 23.7. The molecule has 0 heterocycles. The second kappa shape index (κ2) is 16.5. The summed E-state index contributed by atoms with van der Waals surface area (Å²) in [5.41, 5.74) is 27.4. The van der Waals surface area contributed by atoms with Crippen LogP contribution in [0.4, 0.5) is 17.1 Å². The maximum atomic E-state index is 2.81. The summed E-state index contributed by atoms with van der Waals surface area (Å²) < 4.78 is 0. The van der Waals surface area contributed by atoms with E-state index in [1.807, 2.05) is 0 Å². The summed E-state index contributed by atoms with van der Waals surface area (Å²) >= 11 is 0. The summed E-state index contributed by atoms with van der Waals surface area (Å²) in [6.07, 6.45) is 1.62. The fraction of sp³-hybridized carbons (Fsp3) is 0.0909. The molecule has 10 aromatic rings. The van der Waals surface area contributed by atoms with Gasteiger partial charge in [-0.1, -0.05) is 239 Å². The molecule has 2 aliphatic carbocycles. The van der Waals surface area contributed by atoms with Crippen molar-refractivity contribution in [3.05, 3.63) is 258 Å². The maximum absolute atomic E-state index is 2.81. The van der Waals surface area contributed by atoms with Crippen molar-refractivity contribution in [3.63, 3.8) is 0 Å². The van der Waals surface area contributed by atoms with Crippen molar-refractivity contribution in [2.45, 2.75) is 39.0 Å². The molecule has 0 aromatic heterocycles. The van der Waals surface area contributed by atoms with Crippen molar-refractivity contribution in [2.75, 3.05) is 4.90 Å². The van der Waals surface area contributed by atoms with Crippen LogP contribution in [-0.4, -0.2) is 0 Å². The Bertz CT molecular complexity index is 3270. The Balaban J connectivity index is 1.37. The number of hydrogen-bond donors (Lipinski definition) is 0. The van der Waals surface area contributed by atoms with Gasteiger partial charge in [0.05, 0.1) is 17.1 Å². The maximum Gasteiger partial charge on any atom is 0.0588 e. The van der Waals surface area contributed by atoms with Crippen molar-refractivity contribution in [2.24, 2.45) is 0 Å². The lowest BCUT2D eigenvalue weighted by Gasteiger charge is -2.39. The van der Waals surface area contributed by atoms with Crippen molar-refractivity contribution in [1.29, 1.82) is 0 Å². The topological polar surface area (TPSA) is 3.24 Å². The summed E-state index contributed by atoms with van der Waals surface area (Å²) in [6, 6.07) is 85.9. The zero-order valence-corrected chi connectivity index (χ0v) is 38.3. The normalized spacial score (nSPS) is 12.3. The van der Waals surface area contributed by atoms with Gasteiger partial charge in [0.15, 0.2) is 0 Å². The monoisotopic (exact) mass is 857 g/mol. The van der Waals surface area contributed by atoms with E-state index >= 15 is 0 Å². The Labute approximate surface area is 395 Å². The van der Waals surface area contributed by atoms with Gasteiger partial charge >= 0.3 is 0 Å². The van der Waals surface area contributed by atoms with Gasteiger partial charge in [0, 0.05) is 29.5 Å². The van der Waals surface area contributed by atoms with E-state index in [1.165, 1.54) is 123 Å². The largest absolute Gasteiger partial charge is 0.308 e. The molecule has 1 heteroatoms. The van der Waals surface area contributed by atoms with Crippen molar-refractivity contribution < 1.29 is 0 Å². The first-order valence-electron chi connectivity index (χ1n) is 23.7. The van der Waals surface area contributed by atoms with E-state index in [9.17, 15) is 0 Å². The molecule has 0 radical (unpaired) electrons. The fourth-order valence-corrected chi connectivity index (χ4v) is 11.1. The van der Waals surface area contributed by atoms with E-state index in [0.29, 0.717) is 0 Å². The number of anilines is 3. The molecule has 12 rings (SSSR count). The zero-order chi connectivity index (χ0) is 45.1. The van der Waals surface area contributed by atoms with Crippen LogP contribution in [-0.2, 0) is 18.3 Å². The molecule has 2 aliphatic rings. The predicted octanol–water partition coefficient (Wildman–Crippen LogP) is 17.9. The van der Waals surface area contributed by atoms with E-state index < -0.39 is 0 Å². The first-order chi connectivity index (χ1) is 32.9. The summed E-state index contributed by atoms with van der Waals surface area (Å²) in [5.74, 6) is 0. The van der Waals surface area contributed by atoms with Crippen LogP contribution in [0.2, 0.25) is 0 Å². The van der Waals surface area contributed by atoms with Crippen LogP contribution in [0, 0.1) is 0 Å². The molecule has 0 spiro atoms. The first kappa shape index (κ1) is 40.5. The summed E-state index contributed by atoms with van der Waals surface area (Å²) in [4.78, 5) is 2.81. The third kappa shape index (κ3) is 6.93. The third-order valence-corrected chi connectivity index (χ3v) is 14.1. The standard InChI is InChI=1S/C66H51N/c1-66(2,3)60-39-23-38-53(44-24-9-4-10-25-44)63(60)67(64-58-40-49-34-19-21-36-51(49)56(58)42-54(45-26-11-5-12-27-45)61(64)47-30-15-7-16-31-47)65-59-41-50-35-20-22-37-52(50)57(59)43-55(46-28-13-6-14-29-46)62(65)48-32-17-8-18-33-48/h4-39,42-43H,40-41H2,1-3H3. The molecule has 0 saturated heterocycles. The molecule has 320 valence electrons. The van der Waals surface area contributed by atoms with Crippen LogP contribution in [0.25, 0.3) is 77.9 Å². The molecule has 10 aromatic carbocycles. The highest BCUT2D eigenvalue weighted by molar-refractivity contribution is 6.11. The number of benzene rings is 10. The molecule has 0 atom stereocenters. The molecule has 67 heavy (non-hydrogen) atoms. The molecule has 0 amide bonds. The van der Waals surface area contributed by atoms with E-state index in [4.69, 9.17) is 0 Å². The van der Waals surface area contributed by atoms with E-state index in [1.54, 1.807) is 0 Å². The van der Waals surface area contributed by atoms with Crippen molar-refractivity contribution >= 4 is 17.1 Å². The van der Waals surface area contributed by atoms with E-state index in [2.05, 4.69) is 256 Å². The molecule has 0 bridgehead atoms. The highest BCUT2D eigenvalue weighted by Crippen LogP contribution is 2.61. The van der Waals surface area contributed by atoms with Gasteiger partial charge < -0.3 is 4.90 Å². The van der Waals surface area contributed by atoms with Gasteiger partial charge in [-0.15, -0.1) is 0 Å². The Kier molecular flexibility index (Phi) is 9.95. The van der Waals surface area contributed by atoms with Gasteiger partial charge in [-0.3, -0.25) is 0 Å².